The van der Waals surface area contributed by atoms with E-state index in [0.717, 1.165) is 0 Å². The van der Waals surface area contributed by atoms with Gasteiger partial charge in [0.25, 0.3) is 5.91 Å². The van der Waals surface area contributed by atoms with Crippen molar-refractivity contribution in [2.75, 3.05) is 11.5 Å². The highest BCUT2D eigenvalue weighted by Gasteiger charge is 2.38. The Morgan fingerprint density at radius 1 is 1.15 bits per heavy atom. The summed E-state index contributed by atoms with van der Waals surface area (Å²) in [6, 6.07) is 10.2. The Labute approximate surface area is 150 Å². The molecule has 0 N–H and O–H groups in total. The molecule has 1 amide bonds. The predicted octanol–water partition coefficient (Wildman–Crippen LogP) is 3.08. The average molecular weight is 376 g/mol. The second-order valence-corrected chi connectivity index (χ2v) is 5.70. The summed E-state index contributed by atoms with van der Waals surface area (Å²) in [4.78, 5) is 21.2. The maximum atomic E-state index is 12.5. The van der Waals surface area contributed by atoms with Crippen molar-refractivity contribution in [2.24, 2.45) is 0 Å². The van der Waals surface area contributed by atoms with Crippen LogP contribution in [-0.4, -0.2) is 27.6 Å². The number of rotatable bonds is 3. The molecule has 3 aromatic rings. The lowest BCUT2D eigenvalue weighted by Gasteiger charge is -2.29. The van der Waals surface area contributed by atoms with Gasteiger partial charge in [-0.3, -0.25) is 14.7 Å². The lowest BCUT2D eigenvalue weighted by Crippen LogP contribution is -2.38. The highest BCUT2D eigenvalue weighted by atomic mass is 19.4. The number of ether oxygens (including phenoxy) is 1. The van der Waals surface area contributed by atoms with Crippen molar-refractivity contribution in [1.82, 2.24) is 15.1 Å². The molecule has 0 atom stereocenters. The first-order chi connectivity index (χ1) is 12.9. The van der Waals surface area contributed by atoms with Crippen molar-refractivity contribution >= 4 is 11.6 Å². The number of fused-ring (bicyclic) bond motifs is 1. The molecule has 0 aliphatic carbocycles. The van der Waals surface area contributed by atoms with E-state index < -0.39 is 12.1 Å². The number of pyridine rings is 1. The van der Waals surface area contributed by atoms with Crippen molar-refractivity contribution < 1.29 is 27.2 Å². The Balaban J connectivity index is 1.55. The average Bonchev–Trinajstić information content (AvgIpc) is 3.15. The molecular weight excluding hydrogens is 365 g/mol. The number of anilines is 1. The van der Waals surface area contributed by atoms with Gasteiger partial charge in [-0.2, -0.15) is 18.2 Å². The molecule has 10 heteroatoms. The third-order valence-corrected chi connectivity index (χ3v) is 3.88. The van der Waals surface area contributed by atoms with Gasteiger partial charge in [-0.15, -0.1) is 0 Å². The predicted molar refractivity (Wildman–Crippen MR) is 85.7 cm³/mol. The summed E-state index contributed by atoms with van der Waals surface area (Å²) in [5, 5.41) is 3.31. The first-order valence-electron chi connectivity index (χ1n) is 7.80. The fraction of sp³-hybridized carbons (Fsp3) is 0.176. The minimum atomic E-state index is -4.71. The highest BCUT2D eigenvalue weighted by Crippen LogP contribution is 2.32. The van der Waals surface area contributed by atoms with Crippen molar-refractivity contribution in [3.63, 3.8) is 0 Å². The number of benzene rings is 1. The van der Waals surface area contributed by atoms with E-state index in [9.17, 15) is 18.0 Å². The molecule has 0 saturated carbocycles. The largest absolute Gasteiger partial charge is 0.482 e. The summed E-state index contributed by atoms with van der Waals surface area (Å²) >= 11 is 0. The smallest absolute Gasteiger partial charge is 0.471 e. The molecule has 27 heavy (non-hydrogen) atoms. The number of hydrogen-bond donors (Lipinski definition) is 0. The molecule has 4 rings (SSSR count). The van der Waals surface area contributed by atoms with Gasteiger partial charge in [0.05, 0.1) is 17.9 Å². The first-order valence-corrected chi connectivity index (χ1v) is 7.80. The van der Waals surface area contributed by atoms with E-state index in [0.29, 0.717) is 17.1 Å². The molecule has 1 aromatic carbocycles. The van der Waals surface area contributed by atoms with Gasteiger partial charge in [0.1, 0.15) is 5.75 Å². The lowest BCUT2D eigenvalue weighted by molar-refractivity contribution is -0.159. The molecule has 0 saturated heterocycles. The van der Waals surface area contributed by atoms with Crippen LogP contribution < -0.4 is 9.64 Å². The van der Waals surface area contributed by atoms with Gasteiger partial charge < -0.3 is 9.26 Å². The second kappa shape index (κ2) is 6.38. The maximum absolute atomic E-state index is 12.5. The monoisotopic (exact) mass is 376 g/mol. The molecule has 138 valence electrons. The van der Waals surface area contributed by atoms with Crippen molar-refractivity contribution in [2.45, 2.75) is 12.7 Å². The lowest BCUT2D eigenvalue weighted by atomic mass is 10.2. The second-order valence-electron chi connectivity index (χ2n) is 5.70. The molecule has 0 bridgehead atoms. The van der Waals surface area contributed by atoms with Gasteiger partial charge in [-0.25, -0.2) is 0 Å². The topological polar surface area (TPSA) is 81.4 Å². The molecule has 0 radical (unpaired) electrons. The van der Waals surface area contributed by atoms with Gasteiger partial charge in [0.2, 0.25) is 5.82 Å². The van der Waals surface area contributed by atoms with E-state index in [1.165, 1.54) is 17.2 Å². The summed E-state index contributed by atoms with van der Waals surface area (Å²) in [6.07, 6.45) is -3.38. The van der Waals surface area contributed by atoms with Crippen LogP contribution in [-0.2, 0) is 17.5 Å². The molecule has 1 aliphatic heterocycles. The third kappa shape index (κ3) is 3.33. The zero-order valence-electron chi connectivity index (χ0n) is 13.6. The van der Waals surface area contributed by atoms with E-state index in [4.69, 9.17) is 4.74 Å². The zero-order chi connectivity index (χ0) is 19.0. The van der Waals surface area contributed by atoms with Gasteiger partial charge in [0.15, 0.2) is 6.61 Å². The molecular formula is C17H11F3N4O3. The fourth-order valence-electron chi connectivity index (χ4n) is 2.60. The van der Waals surface area contributed by atoms with Gasteiger partial charge >= 0.3 is 12.1 Å². The Morgan fingerprint density at radius 3 is 2.67 bits per heavy atom. The SMILES string of the molecule is O=C1COc2ccccc2N1Cc1ccc(-c2noc(C(F)(F)F)n2)cn1. The number of hydrogen-bond acceptors (Lipinski definition) is 6. The first kappa shape index (κ1) is 17.0. The minimum Gasteiger partial charge on any atom is -0.482 e. The Bertz CT molecular complexity index is 986. The molecule has 0 spiro atoms. The van der Waals surface area contributed by atoms with Crippen molar-refractivity contribution in [3.05, 3.63) is 54.2 Å². The summed E-state index contributed by atoms with van der Waals surface area (Å²) in [6.45, 7) is 0.123. The molecule has 3 heterocycles. The Kier molecular flexibility index (Phi) is 4.02. The van der Waals surface area contributed by atoms with Crippen LogP contribution in [0.4, 0.5) is 18.9 Å². The van der Waals surface area contributed by atoms with Crippen LogP contribution in [0.3, 0.4) is 0 Å². The Morgan fingerprint density at radius 2 is 1.96 bits per heavy atom. The molecule has 0 fully saturated rings. The summed E-state index contributed by atoms with van der Waals surface area (Å²) in [5.74, 6) is -1.25. The number of carbonyl (C=O) groups excluding carboxylic acids is 1. The van der Waals surface area contributed by atoms with Crippen LogP contribution in [0.15, 0.2) is 47.1 Å². The summed E-state index contributed by atoms with van der Waals surface area (Å²) in [7, 11) is 0. The minimum absolute atomic E-state index is 0.0713. The normalized spacial score (nSPS) is 14.0. The summed E-state index contributed by atoms with van der Waals surface area (Å²) in [5.41, 5.74) is 1.45. The van der Waals surface area contributed by atoms with Crippen LogP contribution in [0, 0.1) is 0 Å². The van der Waals surface area contributed by atoms with Crippen LogP contribution >= 0.6 is 0 Å². The van der Waals surface area contributed by atoms with E-state index >= 15 is 0 Å². The van der Waals surface area contributed by atoms with Gasteiger partial charge in [0, 0.05) is 11.8 Å². The number of para-hydroxylation sites is 2. The van der Waals surface area contributed by atoms with Crippen LogP contribution in [0.1, 0.15) is 11.6 Å². The molecule has 2 aromatic heterocycles. The molecule has 0 unspecified atom stereocenters. The van der Waals surface area contributed by atoms with Crippen LogP contribution in [0.2, 0.25) is 0 Å². The zero-order valence-corrected chi connectivity index (χ0v) is 13.6. The number of amides is 1. The number of carbonyl (C=O) groups is 1. The van der Waals surface area contributed by atoms with E-state index in [2.05, 4.69) is 19.6 Å². The number of alkyl halides is 3. The van der Waals surface area contributed by atoms with E-state index in [1.54, 1.807) is 30.3 Å². The molecule has 1 aliphatic rings. The standard InChI is InChI=1S/C17H11F3N4O3/c18-17(19,20)16-22-15(23-27-16)10-5-6-11(21-7-10)8-24-12-3-1-2-4-13(12)26-9-14(24)25/h1-7H,8-9H2. The number of halogens is 3. The maximum Gasteiger partial charge on any atom is 0.471 e. The number of nitrogens with zero attached hydrogens (tertiary/aromatic N) is 4. The van der Waals surface area contributed by atoms with E-state index in [1.807, 2.05) is 0 Å². The third-order valence-electron chi connectivity index (χ3n) is 3.88. The van der Waals surface area contributed by atoms with Crippen molar-refractivity contribution in [3.8, 4) is 17.1 Å². The fourth-order valence-corrected chi connectivity index (χ4v) is 2.60. The van der Waals surface area contributed by atoms with Gasteiger partial charge in [-0.05, 0) is 24.3 Å². The highest BCUT2D eigenvalue weighted by molar-refractivity contribution is 5.97. The summed E-state index contributed by atoms with van der Waals surface area (Å²) < 4.78 is 47.2. The van der Waals surface area contributed by atoms with Crippen LogP contribution in [0.25, 0.3) is 11.4 Å². The molecule has 7 nitrogen and oxygen atoms in total. The van der Waals surface area contributed by atoms with Gasteiger partial charge in [-0.1, -0.05) is 17.3 Å². The quantitative estimate of drug-likeness (QED) is 0.699. The Hall–Kier alpha value is -3.43. The van der Waals surface area contributed by atoms with Crippen LogP contribution in [0.5, 0.6) is 5.75 Å². The van der Waals surface area contributed by atoms with Crippen molar-refractivity contribution in [1.29, 1.82) is 0 Å². The van der Waals surface area contributed by atoms with E-state index in [-0.39, 0.29) is 30.4 Å². The number of aromatic nitrogens is 3.